The molecule has 3 nitrogen and oxygen atoms in total. The number of rotatable bonds is 6. The molecule has 0 fully saturated rings. The largest absolute Gasteiger partial charge is 0.228 e. The molecule has 7 aromatic carbocycles. The molecule has 0 bridgehead atoms. The molecule has 0 radical (unpaired) electrons. The minimum absolute atomic E-state index is 0.637. The molecule has 0 unspecified atom stereocenters. The first-order valence-electron chi connectivity index (χ1n) is 17.1. The fourth-order valence-corrected chi connectivity index (χ4v) is 7.83. The number of nitrogens with zero attached hydrogens (tertiary/aromatic N) is 3. The summed E-state index contributed by atoms with van der Waals surface area (Å²) < 4.78 is 0. The van der Waals surface area contributed by atoms with E-state index >= 15 is 0 Å². The minimum atomic E-state index is -0.715. The highest BCUT2D eigenvalue weighted by atomic mass is 14.9. The highest BCUT2D eigenvalue weighted by Gasteiger charge is 2.48. The van der Waals surface area contributed by atoms with Gasteiger partial charge in [-0.15, -0.1) is 0 Å². The van der Waals surface area contributed by atoms with Crippen molar-refractivity contribution in [1.82, 2.24) is 9.97 Å². The van der Waals surface area contributed by atoms with Crippen molar-refractivity contribution < 1.29 is 0 Å². The highest BCUT2D eigenvalue weighted by molar-refractivity contribution is 5.91. The van der Waals surface area contributed by atoms with Crippen LogP contribution in [0, 0.1) is 11.3 Å². The second-order valence-electron chi connectivity index (χ2n) is 12.8. The molecule has 1 aliphatic rings. The summed E-state index contributed by atoms with van der Waals surface area (Å²) in [6.07, 6.45) is 0. The molecule has 0 saturated heterocycles. The van der Waals surface area contributed by atoms with E-state index in [0.717, 1.165) is 50.3 Å². The third-order valence-electron chi connectivity index (χ3n) is 10.0. The van der Waals surface area contributed by atoms with Crippen molar-refractivity contribution in [3.63, 3.8) is 0 Å². The molecule has 1 aromatic heterocycles. The maximum Gasteiger partial charge on any atom is 0.160 e. The predicted octanol–water partition coefficient (Wildman–Crippen LogP) is 11.4. The second-order valence-corrected chi connectivity index (χ2v) is 12.8. The van der Waals surface area contributed by atoms with Crippen molar-refractivity contribution in [1.29, 1.82) is 5.26 Å². The van der Waals surface area contributed by atoms with Gasteiger partial charge >= 0.3 is 0 Å². The number of benzene rings is 7. The lowest BCUT2D eigenvalue weighted by atomic mass is 9.64. The van der Waals surface area contributed by atoms with Gasteiger partial charge in [-0.2, -0.15) is 5.26 Å². The zero-order valence-electron chi connectivity index (χ0n) is 27.7. The first-order chi connectivity index (χ1) is 25.3. The molecular weight excluding hydrogens is 619 g/mol. The summed E-state index contributed by atoms with van der Waals surface area (Å²) in [6.45, 7) is 0. The van der Waals surface area contributed by atoms with Gasteiger partial charge in [-0.3, -0.25) is 0 Å². The number of hydrogen-bond donors (Lipinski definition) is 0. The van der Waals surface area contributed by atoms with Crippen LogP contribution in [-0.4, -0.2) is 9.97 Å². The van der Waals surface area contributed by atoms with Crippen molar-refractivity contribution >= 4 is 0 Å². The molecule has 0 atom stereocenters. The van der Waals surface area contributed by atoms with Crippen LogP contribution in [0.25, 0.3) is 56.2 Å². The van der Waals surface area contributed by atoms with Crippen molar-refractivity contribution in [2.24, 2.45) is 0 Å². The van der Waals surface area contributed by atoms with Crippen molar-refractivity contribution in [3.8, 4) is 62.2 Å². The van der Waals surface area contributed by atoms with Crippen LogP contribution >= 0.6 is 0 Å². The molecule has 0 spiro atoms. The Balaban J connectivity index is 1.39. The van der Waals surface area contributed by atoms with E-state index in [4.69, 9.17) is 9.97 Å². The van der Waals surface area contributed by atoms with Gasteiger partial charge in [0.15, 0.2) is 5.82 Å². The lowest BCUT2D eigenvalue weighted by Crippen LogP contribution is -2.30. The Kier molecular flexibility index (Phi) is 7.42. The number of hydrogen-bond acceptors (Lipinski definition) is 3. The Morgan fingerprint density at radius 2 is 0.765 bits per heavy atom. The monoisotopic (exact) mass is 649 g/mol. The number of fused-ring (bicyclic) bond motifs is 3. The Morgan fingerprint density at radius 3 is 1.25 bits per heavy atom. The third kappa shape index (κ3) is 4.97. The average molecular weight is 650 g/mol. The molecule has 9 rings (SSSR count). The Hall–Kier alpha value is -6.89. The number of nitriles is 1. The van der Waals surface area contributed by atoms with Crippen LogP contribution in [0.3, 0.4) is 0 Å². The normalized spacial score (nSPS) is 12.5. The van der Waals surface area contributed by atoms with Gasteiger partial charge in [0.25, 0.3) is 0 Å². The van der Waals surface area contributed by atoms with Crippen molar-refractivity contribution in [3.05, 3.63) is 216 Å². The zero-order chi connectivity index (χ0) is 34.2. The smallest absolute Gasteiger partial charge is 0.160 e. The van der Waals surface area contributed by atoms with Gasteiger partial charge in [-0.1, -0.05) is 170 Å². The van der Waals surface area contributed by atoms with Gasteiger partial charge in [0.2, 0.25) is 0 Å². The van der Waals surface area contributed by atoms with Gasteiger partial charge in [0, 0.05) is 16.7 Å². The Labute approximate surface area is 297 Å². The molecule has 238 valence electrons. The molecule has 8 aromatic rings. The SMILES string of the molecule is N#Cc1ccc(-c2ccccc2C2(c3ccccc3-c3nc(-c4ccccc4)cc(-c4ccccc4)n3)c3ccccc3-c3ccccc32)cc1. The first-order valence-corrected chi connectivity index (χ1v) is 17.1. The van der Waals surface area contributed by atoms with E-state index in [9.17, 15) is 5.26 Å². The van der Waals surface area contributed by atoms with E-state index in [1.54, 1.807) is 0 Å². The van der Waals surface area contributed by atoms with Gasteiger partial charge in [0.1, 0.15) is 0 Å². The van der Waals surface area contributed by atoms with Crippen LogP contribution in [0.2, 0.25) is 0 Å². The predicted molar refractivity (Wildman–Crippen MR) is 206 cm³/mol. The van der Waals surface area contributed by atoms with Gasteiger partial charge in [0.05, 0.1) is 28.4 Å². The van der Waals surface area contributed by atoms with Gasteiger partial charge in [-0.25, -0.2) is 9.97 Å². The molecular formula is C48H31N3. The molecule has 51 heavy (non-hydrogen) atoms. The second kappa shape index (κ2) is 12.5. The molecule has 0 saturated carbocycles. The van der Waals surface area contributed by atoms with E-state index in [1.807, 2.05) is 24.3 Å². The first kappa shape index (κ1) is 30.2. The highest BCUT2D eigenvalue weighted by Crippen LogP contribution is 2.59. The third-order valence-corrected chi connectivity index (χ3v) is 10.0. The van der Waals surface area contributed by atoms with Gasteiger partial charge < -0.3 is 0 Å². The summed E-state index contributed by atoms with van der Waals surface area (Å²) in [4.78, 5) is 10.7. The molecule has 0 aliphatic heterocycles. The summed E-state index contributed by atoms with van der Waals surface area (Å²) in [7, 11) is 0. The van der Waals surface area contributed by atoms with E-state index in [-0.39, 0.29) is 0 Å². The fourth-order valence-electron chi connectivity index (χ4n) is 7.83. The minimum Gasteiger partial charge on any atom is -0.228 e. The lowest BCUT2D eigenvalue weighted by Gasteiger charge is -2.37. The number of aromatic nitrogens is 2. The lowest BCUT2D eigenvalue weighted by molar-refractivity contribution is 0.771. The molecule has 0 N–H and O–H groups in total. The maximum absolute atomic E-state index is 9.60. The van der Waals surface area contributed by atoms with Crippen LogP contribution in [0.1, 0.15) is 27.8 Å². The van der Waals surface area contributed by atoms with Crippen LogP contribution < -0.4 is 0 Å². The summed E-state index contributed by atoms with van der Waals surface area (Å²) in [6, 6.07) is 67.9. The van der Waals surface area contributed by atoms with Crippen molar-refractivity contribution in [2.75, 3.05) is 0 Å². The molecule has 1 aliphatic carbocycles. The fraction of sp³-hybridized carbons (Fsp3) is 0.0208. The topological polar surface area (TPSA) is 49.6 Å². The van der Waals surface area contributed by atoms with Crippen LogP contribution in [-0.2, 0) is 5.41 Å². The maximum atomic E-state index is 9.60. The molecule has 1 heterocycles. The Bertz CT molecular complexity index is 2480. The molecule has 3 heteroatoms. The van der Waals surface area contributed by atoms with Gasteiger partial charge in [-0.05, 0) is 62.7 Å². The van der Waals surface area contributed by atoms with E-state index in [1.165, 1.54) is 22.3 Å². The van der Waals surface area contributed by atoms with E-state index in [2.05, 4.69) is 170 Å². The summed E-state index contributed by atoms with van der Waals surface area (Å²) in [5.74, 6) is 0.669. The van der Waals surface area contributed by atoms with Crippen LogP contribution in [0.15, 0.2) is 188 Å². The summed E-state index contributed by atoms with van der Waals surface area (Å²) >= 11 is 0. The van der Waals surface area contributed by atoms with Crippen LogP contribution in [0.4, 0.5) is 0 Å². The average Bonchev–Trinajstić information content (AvgIpc) is 3.52. The van der Waals surface area contributed by atoms with Crippen LogP contribution in [0.5, 0.6) is 0 Å². The van der Waals surface area contributed by atoms with Crippen molar-refractivity contribution in [2.45, 2.75) is 5.41 Å². The molecule has 0 amide bonds. The quantitative estimate of drug-likeness (QED) is 0.180. The Morgan fingerprint density at radius 1 is 0.373 bits per heavy atom. The standard InChI is InChI=1S/C48H31N3/c49-32-33-27-29-34(30-28-33)37-19-7-11-23-41(37)48(42-24-12-8-20-38(42)39-21-9-13-25-43(39)48)44-26-14-10-22-40(44)47-50-45(35-15-3-1-4-16-35)31-46(51-47)36-17-5-2-6-18-36/h1-31H. The zero-order valence-corrected chi connectivity index (χ0v) is 27.7. The van der Waals surface area contributed by atoms with E-state index in [0.29, 0.717) is 11.4 Å². The van der Waals surface area contributed by atoms with E-state index < -0.39 is 5.41 Å². The summed E-state index contributed by atoms with van der Waals surface area (Å²) in [5.41, 5.74) is 14.0. The summed E-state index contributed by atoms with van der Waals surface area (Å²) in [5, 5.41) is 9.60.